The van der Waals surface area contributed by atoms with Crippen LogP contribution in [0, 0.1) is 17.6 Å². The number of nitrogens with one attached hydrogen (secondary N) is 2. The number of benzene rings is 2. The average molecular weight is 474 g/mol. The van der Waals surface area contributed by atoms with Crippen LogP contribution < -0.4 is 15.4 Å². The van der Waals surface area contributed by atoms with E-state index in [0.29, 0.717) is 6.54 Å². The third kappa shape index (κ3) is 6.32. The van der Waals surface area contributed by atoms with E-state index in [1.807, 2.05) is 24.3 Å². The van der Waals surface area contributed by atoms with Crippen LogP contribution in [0.4, 0.5) is 8.78 Å². The molecule has 2 aromatic rings. The normalized spacial score (nSPS) is 16.1. The summed E-state index contributed by atoms with van der Waals surface area (Å²) in [6, 6.07) is 10.0. The van der Waals surface area contributed by atoms with Gasteiger partial charge in [0.2, 0.25) is 5.91 Å². The second-order valence-corrected chi connectivity index (χ2v) is 8.92. The van der Waals surface area contributed by atoms with Gasteiger partial charge in [0.1, 0.15) is 29.0 Å². The number of hydrogen-bond donors (Lipinski definition) is 2. The quantitative estimate of drug-likeness (QED) is 0.576. The largest absolute Gasteiger partial charge is 0.497 e. The Labute approximate surface area is 199 Å². The first-order valence-electron chi connectivity index (χ1n) is 11.7. The first kappa shape index (κ1) is 25.6. The summed E-state index contributed by atoms with van der Waals surface area (Å²) in [5.74, 6) is -2.81. The molecule has 6 nitrogen and oxygen atoms in total. The molecule has 8 heteroatoms. The molecule has 1 heterocycles. The second kappa shape index (κ2) is 11.9. The number of piperidine rings is 1. The molecule has 0 bridgehead atoms. The molecule has 34 heavy (non-hydrogen) atoms. The lowest BCUT2D eigenvalue weighted by molar-refractivity contribution is -0.124. The van der Waals surface area contributed by atoms with Gasteiger partial charge in [-0.05, 0) is 61.7 Å². The Kier molecular flexibility index (Phi) is 8.98. The van der Waals surface area contributed by atoms with E-state index in [0.717, 1.165) is 49.4 Å². The highest BCUT2D eigenvalue weighted by Crippen LogP contribution is 2.26. The van der Waals surface area contributed by atoms with Crippen LogP contribution in [0.25, 0.3) is 0 Å². The molecule has 2 atom stereocenters. The predicted octanol–water partition coefficient (Wildman–Crippen LogP) is 4.07. The lowest BCUT2D eigenvalue weighted by Crippen LogP contribution is -2.51. The van der Waals surface area contributed by atoms with E-state index in [9.17, 15) is 18.4 Å². The van der Waals surface area contributed by atoms with Gasteiger partial charge >= 0.3 is 0 Å². The lowest BCUT2D eigenvalue weighted by Gasteiger charge is -2.35. The molecule has 0 saturated carbocycles. The van der Waals surface area contributed by atoms with Crippen LogP contribution in [0.1, 0.15) is 55.1 Å². The fraction of sp³-hybridized carbons (Fsp3) is 0.462. The minimum atomic E-state index is -0.968. The summed E-state index contributed by atoms with van der Waals surface area (Å²) in [5.41, 5.74) is 0.368. The van der Waals surface area contributed by atoms with Gasteiger partial charge in [0, 0.05) is 6.54 Å². The van der Waals surface area contributed by atoms with Gasteiger partial charge in [-0.1, -0.05) is 38.5 Å². The van der Waals surface area contributed by atoms with Gasteiger partial charge in [-0.3, -0.25) is 14.5 Å². The maximum absolute atomic E-state index is 14.0. The SMILES string of the molecule is COc1ccc(C(CNC(=O)C(NC(=O)c2c(F)cccc2F)C(C)C)N2CCCCC2)cc1. The predicted molar refractivity (Wildman–Crippen MR) is 127 cm³/mol. The third-order valence-electron chi connectivity index (χ3n) is 6.23. The van der Waals surface area contributed by atoms with Crippen molar-refractivity contribution in [3.8, 4) is 5.75 Å². The van der Waals surface area contributed by atoms with Gasteiger partial charge in [-0.25, -0.2) is 8.78 Å². The van der Waals surface area contributed by atoms with E-state index in [-0.39, 0.29) is 12.0 Å². The molecule has 2 N–H and O–H groups in total. The molecule has 0 aliphatic carbocycles. The van der Waals surface area contributed by atoms with Gasteiger partial charge in [0.15, 0.2) is 0 Å². The molecule has 0 radical (unpaired) electrons. The molecule has 2 amide bonds. The van der Waals surface area contributed by atoms with Crippen molar-refractivity contribution in [2.75, 3.05) is 26.7 Å². The fourth-order valence-electron chi connectivity index (χ4n) is 4.28. The Balaban J connectivity index is 1.73. The number of amides is 2. The van der Waals surface area contributed by atoms with Crippen LogP contribution in [0.15, 0.2) is 42.5 Å². The molecule has 1 saturated heterocycles. The second-order valence-electron chi connectivity index (χ2n) is 8.92. The Hall–Kier alpha value is -3.00. The van der Waals surface area contributed by atoms with Crippen LogP contribution >= 0.6 is 0 Å². The molecule has 3 rings (SSSR count). The maximum atomic E-state index is 14.0. The average Bonchev–Trinajstić information content (AvgIpc) is 2.83. The zero-order chi connectivity index (χ0) is 24.7. The van der Waals surface area contributed by atoms with E-state index < -0.39 is 35.1 Å². The van der Waals surface area contributed by atoms with Crippen LogP contribution in [-0.2, 0) is 4.79 Å². The van der Waals surface area contributed by atoms with Crippen molar-refractivity contribution in [1.82, 2.24) is 15.5 Å². The number of ether oxygens (including phenoxy) is 1. The summed E-state index contributed by atoms with van der Waals surface area (Å²) in [4.78, 5) is 28.0. The standard InChI is InChI=1S/C26H33F2N3O3/c1-17(2)24(30-25(32)23-20(27)8-7-9-21(23)28)26(33)29-16-22(31-14-5-4-6-15-31)18-10-12-19(34-3)13-11-18/h7-13,17,22,24H,4-6,14-16H2,1-3H3,(H,29,33)(H,30,32). The first-order chi connectivity index (χ1) is 16.3. The van der Waals surface area contributed by atoms with E-state index >= 15 is 0 Å². The molecule has 2 aromatic carbocycles. The summed E-state index contributed by atoms with van der Waals surface area (Å²) < 4.78 is 33.3. The number of nitrogens with zero attached hydrogens (tertiary/aromatic N) is 1. The summed E-state index contributed by atoms with van der Waals surface area (Å²) in [6.45, 7) is 5.76. The minimum absolute atomic E-state index is 0.0392. The van der Waals surface area contributed by atoms with Crippen molar-refractivity contribution in [2.45, 2.75) is 45.2 Å². The molecule has 184 valence electrons. The Bertz CT molecular complexity index is 956. The van der Waals surface area contributed by atoms with Gasteiger partial charge in [-0.15, -0.1) is 0 Å². The lowest BCUT2D eigenvalue weighted by atomic mass is 10.00. The number of carbonyl (C=O) groups is 2. The Morgan fingerprint density at radius 2 is 1.62 bits per heavy atom. The van der Waals surface area contributed by atoms with Crippen molar-refractivity contribution >= 4 is 11.8 Å². The van der Waals surface area contributed by atoms with E-state index in [2.05, 4.69) is 15.5 Å². The third-order valence-corrected chi connectivity index (χ3v) is 6.23. The molecule has 1 aliphatic rings. The Morgan fingerprint density at radius 1 is 1.00 bits per heavy atom. The van der Waals surface area contributed by atoms with E-state index in [1.165, 1.54) is 12.5 Å². The van der Waals surface area contributed by atoms with Gasteiger partial charge < -0.3 is 15.4 Å². The Morgan fingerprint density at radius 3 is 2.18 bits per heavy atom. The molecule has 1 fully saturated rings. The number of halogens is 2. The summed E-state index contributed by atoms with van der Waals surface area (Å²) >= 11 is 0. The molecular formula is C26H33F2N3O3. The highest BCUT2D eigenvalue weighted by atomic mass is 19.1. The molecule has 2 unspecified atom stereocenters. The number of hydrogen-bond acceptors (Lipinski definition) is 4. The monoisotopic (exact) mass is 473 g/mol. The van der Waals surface area contributed by atoms with Crippen molar-refractivity contribution in [3.05, 3.63) is 65.2 Å². The van der Waals surface area contributed by atoms with Gasteiger partial charge in [-0.2, -0.15) is 0 Å². The van der Waals surface area contributed by atoms with Crippen LogP contribution in [0.5, 0.6) is 5.75 Å². The smallest absolute Gasteiger partial charge is 0.257 e. The van der Waals surface area contributed by atoms with E-state index in [4.69, 9.17) is 4.74 Å². The number of carbonyl (C=O) groups excluding carboxylic acids is 2. The fourth-order valence-corrected chi connectivity index (χ4v) is 4.28. The molecular weight excluding hydrogens is 440 g/mol. The number of likely N-dealkylation sites (tertiary alicyclic amines) is 1. The van der Waals surface area contributed by atoms with Crippen molar-refractivity contribution in [2.24, 2.45) is 5.92 Å². The van der Waals surface area contributed by atoms with Gasteiger partial charge in [0.25, 0.3) is 5.91 Å². The van der Waals surface area contributed by atoms with E-state index in [1.54, 1.807) is 21.0 Å². The van der Waals surface area contributed by atoms with Crippen LogP contribution in [0.3, 0.4) is 0 Å². The number of rotatable bonds is 9. The van der Waals surface area contributed by atoms with Crippen molar-refractivity contribution in [1.29, 1.82) is 0 Å². The maximum Gasteiger partial charge on any atom is 0.257 e. The van der Waals surface area contributed by atoms with Crippen molar-refractivity contribution in [3.63, 3.8) is 0 Å². The summed E-state index contributed by atoms with van der Waals surface area (Å²) in [7, 11) is 1.62. The van der Waals surface area contributed by atoms with Crippen LogP contribution in [0.2, 0.25) is 0 Å². The zero-order valence-electron chi connectivity index (χ0n) is 19.9. The zero-order valence-corrected chi connectivity index (χ0v) is 19.9. The van der Waals surface area contributed by atoms with Crippen molar-refractivity contribution < 1.29 is 23.1 Å². The highest BCUT2D eigenvalue weighted by Gasteiger charge is 2.29. The number of methoxy groups -OCH3 is 1. The topological polar surface area (TPSA) is 70.7 Å². The highest BCUT2D eigenvalue weighted by molar-refractivity contribution is 5.98. The molecule has 0 spiro atoms. The minimum Gasteiger partial charge on any atom is -0.497 e. The molecule has 1 aliphatic heterocycles. The van der Waals surface area contributed by atoms with Crippen LogP contribution in [-0.4, -0.2) is 49.5 Å². The van der Waals surface area contributed by atoms with Gasteiger partial charge in [0.05, 0.1) is 13.2 Å². The summed E-state index contributed by atoms with van der Waals surface area (Å²) in [6.07, 6.45) is 3.38. The summed E-state index contributed by atoms with van der Waals surface area (Å²) in [5, 5.41) is 5.47. The molecule has 0 aromatic heterocycles. The first-order valence-corrected chi connectivity index (χ1v) is 11.7.